The average Bonchev–Trinajstić information content (AvgIpc) is 2.50. The summed E-state index contributed by atoms with van der Waals surface area (Å²) >= 11 is 0. The zero-order valence-electron chi connectivity index (χ0n) is 14.2. The van der Waals surface area contributed by atoms with E-state index in [1.807, 2.05) is 25.1 Å². The van der Waals surface area contributed by atoms with Gasteiger partial charge in [0, 0.05) is 6.04 Å². The van der Waals surface area contributed by atoms with Crippen molar-refractivity contribution in [2.24, 2.45) is 0 Å². The molecule has 0 aliphatic carbocycles. The lowest BCUT2D eigenvalue weighted by Gasteiger charge is -2.30. The number of ether oxygens (including phenoxy) is 1. The highest BCUT2D eigenvalue weighted by molar-refractivity contribution is 5.81. The number of amides is 1. The third-order valence-corrected chi connectivity index (χ3v) is 4.48. The second-order valence-electron chi connectivity index (χ2n) is 6.35. The summed E-state index contributed by atoms with van der Waals surface area (Å²) < 4.78 is 5.90. The number of nitrogens with one attached hydrogen (secondary N) is 1. The van der Waals surface area contributed by atoms with Gasteiger partial charge in [0.1, 0.15) is 5.75 Å². The monoisotopic (exact) mass is 304 g/mol. The van der Waals surface area contributed by atoms with Crippen LogP contribution in [0.3, 0.4) is 0 Å². The predicted octanol–water partition coefficient (Wildman–Crippen LogP) is 2.67. The molecule has 22 heavy (non-hydrogen) atoms. The fourth-order valence-corrected chi connectivity index (χ4v) is 2.72. The van der Waals surface area contributed by atoms with Crippen molar-refractivity contribution in [3.8, 4) is 5.75 Å². The van der Waals surface area contributed by atoms with E-state index in [2.05, 4.69) is 31.1 Å². The Bertz CT molecular complexity index is 508. The first-order valence-electron chi connectivity index (χ1n) is 8.22. The van der Waals surface area contributed by atoms with Crippen molar-refractivity contribution < 1.29 is 9.53 Å². The number of piperidine rings is 1. The van der Waals surface area contributed by atoms with Crippen LogP contribution in [0, 0.1) is 13.8 Å². The van der Waals surface area contributed by atoms with Crippen molar-refractivity contribution in [1.82, 2.24) is 10.2 Å². The minimum atomic E-state index is -0.415. The van der Waals surface area contributed by atoms with Crippen LogP contribution in [0.5, 0.6) is 5.75 Å². The van der Waals surface area contributed by atoms with Gasteiger partial charge in [-0.3, -0.25) is 4.79 Å². The van der Waals surface area contributed by atoms with Gasteiger partial charge in [-0.05, 0) is 76.5 Å². The zero-order valence-corrected chi connectivity index (χ0v) is 14.2. The molecule has 2 rings (SSSR count). The van der Waals surface area contributed by atoms with E-state index >= 15 is 0 Å². The van der Waals surface area contributed by atoms with Gasteiger partial charge in [0.05, 0.1) is 0 Å². The van der Waals surface area contributed by atoms with E-state index in [1.54, 1.807) is 0 Å². The lowest BCUT2D eigenvalue weighted by molar-refractivity contribution is -0.129. The van der Waals surface area contributed by atoms with E-state index in [4.69, 9.17) is 4.74 Å². The summed E-state index contributed by atoms with van der Waals surface area (Å²) in [5, 5.41) is 3.15. The van der Waals surface area contributed by atoms with Crippen LogP contribution in [-0.4, -0.2) is 43.1 Å². The van der Waals surface area contributed by atoms with E-state index in [1.165, 1.54) is 11.1 Å². The quantitative estimate of drug-likeness (QED) is 0.909. The van der Waals surface area contributed by atoms with Gasteiger partial charge < -0.3 is 15.0 Å². The molecule has 1 saturated heterocycles. The van der Waals surface area contributed by atoms with E-state index in [-0.39, 0.29) is 11.9 Å². The first kappa shape index (κ1) is 16.8. The first-order chi connectivity index (χ1) is 10.5. The van der Waals surface area contributed by atoms with Gasteiger partial charge in [0.15, 0.2) is 6.10 Å². The molecule has 0 unspecified atom stereocenters. The van der Waals surface area contributed by atoms with Crippen molar-refractivity contribution in [1.29, 1.82) is 0 Å². The Balaban J connectivity index is 1.92. The molecule has 4 nitrogen and oxygen atoms in total. The molecule has 122 valence electrons. The number of nitrogens with zero attached hydrogens (tertiary/aromatic N) is 1. The molecule has 0 radical (unpaired) electrons. The molecule has 1 aliphatic rings. The van der Waals surface area contributed by atoms with Crippen LogP contribution in [0.1, 0.15) is 37.3 Å². The average molecular weight is 304 g/mol. The molecule has 1 aromatic carbocycles. The number of carbonyl (C=O) groups excluding carboxylic acids is 1. The summed E-state index contributed by atoms with van der Waals surface area (Å²) in [6, 6.07) is 6.25. The lowest BCUT2D eigenvalue weighted by Crippen LogP contribution is -2.47. The maximum atomic E-state index is 12.4. The third kappa shape index (κ3) is 4.47. The summed E-state index contributed by atoms with van der Waals surface area (Å²) in [5.41, 5.74) is 2.42. The Labute approximate surface area is 133 Å². The maximum Gasteiger partial charge on any atom is 0.261 e. The Hall–Kier alpha value is -1.55. The SMILES string of the molecule is CC[C@H](Oc1ccc(C)c(C)c1)C(=O)NC1CCN(C)CC1. The Morgan fingerprint density at radius 2 is 2.00 bits per heavy atom. The Kier molecular flexibility index (Phi) is 5.83. The summed E-state index contributed by atoms with van der Waals surface area (Å²) in [6.45, 7) is 8.20. The van der Waals surface area contributed by atoms with Gasteiger partial charge in [0.2, 0.25) is 0 Å². The van der Waals surface area contributed by atoms with Crippen molar-refractivity contribution >= 4 is 5.91 Å². The molecular formula is C18H28N2O2. The van der Waals surface area contributed by atoms with Crippen molar-refractivity contribution in [2.75, 3.05) is 20.1 Å². The van der Waals surface area contributed by atoms with Gasteiger partial charge in [-0.25, -0.2) is 0 Å². The summed E-state index contributed by atoms with van der Waals surface area (Å²) in [4.78, 5) is 14.7. The van der Waals surface area contributed by atoms with Crippen LogP contribution < -0.4 is 10.1 Å². The number of hydrogen-bond acceptors (Lipinski definition) is 3. The predicted molar refractivity (Wildman–Crippen MR) is 89.3 cm³/mol. The van der Waals surface area contributed by atoms with E-state index < -0.39 is 6.10 Å². The molecular weight excluding hydrogens is 276 g/mol. The van der Waals surface area contributed by atoms with Gasteiger partial charge >= 0.3 is 0 Å². The van der Waals surface area contributed by atoms with Crippen LogP contribution in [0.15, 0.2) is 18.2 Å². The second kappa shape index (κ2) is 7.63. The molecule has 0 saturated carbocycles. The minimum absolute atomic E-state index is 0.00952. The maximum absolute atomic E-state index is 12.4. The van der Waals surface area contributed by atoms with E-state index in [0.717, 1.165) is 31.7 Å². The van der Waals surface area contributed by atoms with Gasteiger partial charge in [-0.15, -0.1) is 0 Å². The van der Waals surface area contributed by atoms with Crippen LogP contribution in [0.2, 0.25) is 0 Å². The smallest absolute Gasteiger partial charge is 0.261 e. The molecule has 1 heterocycles. The molecule has 1 atom stereocenters. The minimum Gasteiger partial charge on any atom is -0.481 e. The van der Waals surface area contributed by atoms with Crippen molar-refractivity contribution in [2.45, 2.75) is 52.2 Å². The van der Waals surface area contributed by atoms with Gasteiger partial charge in [-0.1, -0.05) is 13.0 Å². The van der Waals surface area contributed by atoms with Crippen molar-refractivity contribution in [3.05, 3.63) is 29.3 Å². The number of benzene rings is 1. The topological polar surface area (TPSA) is 41.6 Å². The second-order valence-corrected chi connectivity index (χ2v) is 6.35. The Morgan fingerprint density at radius 1 is 1.32 bits per heavy atom. The van der Waals surface area contributed by atoms with E-state index in [9.17, 15) is 4.79 Å². The van der Waals surface area contributed by atoms with Gasteiger partial charge in [-0.2, -0.15) is 0 Å². The highest BCUT2D eigenvalue weighted by Gasteiger charge is 2.24. The highest BCUT2D eigenvalue weighted by Crippen LogP contribution is 2.19. The van der Waals surface area contributed by atoms with Crippen LogP contribution >= 0.6 is 0 Å². The van der Waals surface area contributed by atoms with Gasteiger partial charge in [0.25, 0.3) is 5.91 Å². The summed E-state index contributed by atoms with van der Waals surface area (Å²) in [7, 11) is 2.12. The Morgan fingerprint density at radius 3 is 2.59 bits per heavy atom. The molecule has 1 amide bonds. The zero-order chi connectivity index (χ0) is 16.1. The number of rotatable bonds is 5. The normalized spacial score (nSPS) is 18.0. The molecule has 1 aliphatic heterocycles. The summed E-state index contributed by atoms with van der Waals surface area (Å²) in [6.07, 6.45) is 2.29. The number of hydrogen-bond donors (Lipinski definition) is 1. The van der Waals surface area contributed by atoms with Crippen molar-refractivity contribution in [3.63, 3.8) is 0 Å². The molecule has 0 aromatic heterocycles. The summed E-state index contributed by atoms with van der Waals surface area (Å²) in [5.74, 6) is 0.781. The molecule has 0 spiro atoms. The molecule has 0 bridgehead atoms. The highest BCUT2D eigenvalue weighted by atomic mass is 16.5. The first-order valence-corrected chi connectivity index (χ1v) is 8.22. The standard InChI is InChI=1S/C18H28N2O2/c1-5-17(22-16-7-6-13(2)14(3)12-16)18(21)19-15-8-10-20(4)11-9-15/h6-7,12,15,17H,5,8-11H2,1-4H3,(H,19,21)/t17-/m0/s1. The molecule has 1 aromatic rings. The molecule has 1 fully saturated rings. The van der Waals surface area contributed by atoms with Crippen LogP contribution in [-0.2, 0) is 4.79 Å². The lowest BCUT2D eigenvalue weighted by atomic mass is 10.1. The molecule has 1 N–H and O–H groups in total. The molecule has 4 heteroatoms. The van der Waals surface area contributed by atoms with Crippen LogP contribution in [0.25, 0.3) is 0 Å². The fourth-order valence-electron chi connectivity index (χ4n) is 2.72. The van der Waals surface area contributed by atoms with E-state index in [0.29, 0.717) is 6.42 Å². The largest absolute Gasteiger partial charge is 0.481 e. The van der Waals surface area contributed by atoms with Crippen LogP contribution in [0.4, 0.5) is 0 Å². The fraction of sp³-hybridized carbons (Fsp3) is 0.611. The number of carbonyl (C=O) groups is 1. The number of likely N-dealkylation sites (tertiary alicyclic amines) is 1. The number of aryl methyl sites for hydroxylation is 2. The third-order valence-electron chi connectivity index (χ3n) is 4.48.